The molecule has 1 atom stereocenters. The maximum Gasteiger partial charge on any atom is 0.207 e. The lowest BCUT2D eigenvalue weighted by Crippen LogP contribution is -2.28. The van der Waals surface area contributed by atoms with Crippen molar-refractivity contribution in [1.29, 1.82) is 0 Å². The van der Waals surface area contributed by atoms with E-state index in [1.807, 2.05) is 0 Å². The van der Waals surface area contributed by atoms with Crippen molar-refractivity contribution >= 4 is 6.41 Å². The summed E-state index contributed by atoms with van der Waals surface area (Å²) in [4.78, 5) is 9.89. The van der Waals surface area contributed by atoms with Crippen LogP contribution in [-0.4, -0.2) is 58.1 Å². The molecule has 122 valence electrons. The Labute approximate surface area is 122 Å². The molecule has 2 N–H and O–H groups in total. The highest BCUT2D eigenvalue weighted by Crippen LogP contribution is 1.90. The van der Waals surface area contributed by atoms with Gasteiger partial charge in [0.05, 0.1) is 33.0 Å². The Balaban J connectivity index is 0. The highest BCUT2D eigenvalue weighted by Gasteiger charge is 2.04. The molecule has 0 aromatic heterocycles. The number of rotatable bonds is 12. The summed E-state index contributed by atoms with van der Waals surface area (Å²) in [6, 6.07) is 0.451. The fourth-order valence-corrected chi connectivity index (χ4v) is 1.09. The third-order valence-corrected chi connectivity index (χ3v) is 1.89. The average Bonchev–Trinajstić information content (AvgIpc) is 2.40. The number of hydrogen-bond acceptors (Lipinski definition) is 4. The van der Waals surface area contributed by atoms with Crippen molar-refractivity contribution in [2.75, 3.05) is 39.5 Å². The van der Waals surface area contributed by atoms with E-state index in [0.29, 0.717) is 32.3 Å². The number of amides is 1. The van der Waals surface area contributed by atoms with E-state index < -0.39 is 6.17 Å². The van der Waals surface area contributed by atoms with Crippen molar-refractivity contribution in [3.05, 3.63) is 0 Å². The van der Waals surface area contributed by atoms with Gasteiger partial charge in [0, 0.05) is 12.6 Å². The first-order chi connectivity index (χ1) is 9.58. The highest BCUT2D eigenvalue weighted by atomic mass is 19.1. The monoisotopic (exact) mass is 294 g/mol. The summed E-state index contributed by atoms with van der Waals surface area (Å²) in [7, 11) is 0. The Hall–Kier alpha value is -0.720. The Morgan fingerprint density at radius 3 is 2.30 bits per heavy atom. The summed E-state index contributed by atoms with van der Waals surface area (Å²) in [6.07, 6.45) is 0.556. The molecule has 0 radical (unpaired) electrons. The van der Waals surface area contributed by atoms with Crippen molar-refractivity contribution in [1.82, 2.24) is 10.6 Å². The number of nitrogens with one attached hydrogen (secondary N) is 2. The van der Waals surface area contributed by atoms with Gasteiger partial charge in [-0.2, -0.15) is 0 Å². The zero-order chi connectivity index (χ0) is 15.6. The Morgan fingerprint density at radius 1 is 1.15 bits per heavy atom. The summed E-state index contributed by atoms with van der Waals surface area (Å²) >= 11 is 0. The van der Waals surface area contributed by atoms with Crippen molar-refractivity contribution in [3.8, 4) is 0 Å². The van der Waals surface area contributed by atoms with Crippen molar-refractivity contribution < 1.29 is 18.7 Å². The quantitative estimate of drug-likeness (QED) is 0.423. The third-order valence-electron chi connectivity index (χ3n) is 1.89. The molecule has 0 aliphatic carbocycles. The lowest BCUT2D eigenvalue weighted by atomic mass is 10.4. The molecule has 0 heterocycles. The molecule has 0 aromatic rings. The Morgan fingerprint density at radius 2 is 1.75 bits per heavy atom. The molecule has 1 unspecified atom stereocenters. The van der Waals surface area contributed by atoms with Gasteiger partial charge < -0.3 is 20.1 Å². The van der Waals surface area contributed by atoms with Crippen LogP contribution in [0.1, 0.15) is 34.1 Å². The first-order valence-corrected chi connectivity index (χ1v) is 7.28. The molecular formula is C14H31FN2O3. The number of ether oxygens (including phenoxy) is 2. The lowest BCUT2D eigenvalue weighted by molar-refractivity contribution is -0.109. The smallest absolute Gasteiger partial charge is 0.207 e. The van der Waals surface area contributed by atoms with Gasteiger partial charge in [0.1, 0.15) is 6.17 Å². The SMILES string of the molecule is CC(C)NCCOCCOCC(F)CNC=O.CCC. The molecule has 0 rings (SSSR count). The molecule has 20 heavy (non-hydrogen) atoms. The van der Waals surface area contributed by atoms with Gasteiger partial charge in [-0.3, -0.25) is 4.79 Å². The van der Waals surface area contributed by atoms with Gasteiger partial charge in [-0.1, -0.05) is 34.1 Å². The van der Waals surface area contributed by atoms with Crippen LogP contribution in [0.25, 0.3) is 0 Å². The molecule has 0 saturated carbocycles. The zero-order valence-corrected chi connectivity index (χ0v) is 13.3. The van der Waals surface area contributed by atoms with E-state index in [9.17, 15) is 9.18 Å². The number of carbonyl (C=O) groups excluding carboxylic acids is 1. The summed E-state index contributed by atoms with van der Waals surface area (Å²) < 4.78 is 23.2. The summed E-state index contributed by atoms with van der Waals surface area (Å²) in [5, 5.41) is 5.46. The van der Waals surface area contributed by atoms with E-state index in [2.05, 4.69) is 38.3 Å². The molecular weight excluding hydrogens is 263 g/mol. The predicted octanol–water partition coefficient (Wildman–Crippen LogP) is 1.52. The van der Waals surface area contributed by atoms with Crippen LogP contribution in [0.4, 0.5) is 4.39 Å². The molecule has 0 bridgehead atoms. The van der Waals surface area contributed by atoms with Gasteiger partial charge in [-0.05, 0) is 0 Å². The summed E-state index contributed by atoms with van der Waals surface area (Å²) in [6.45, 7) is 10.6. The maximum atomic E-state index is 12.9. The maximum absolute atomic E-state index is 12.9. The molecule has 6 heteroatoms. The van der Waals surface area contributed by atoms with Crippen LogP contribution in [0.15, 0.2) is 0 Å². The summed E-state index contributed by atoms with van der Waals surface area (Å²) in [5.74, 6) is 0. The lowest BCUT2D eigenvalue weighted by Gasteiger charge is -2.10. The van der Waals surface area contributed by atoms with Crippen molar-refractivity contribution in [3.63, 3.8) is 0 Å². The minimum atomic E-state index is -1.16. The van der Waals surface area contributed by atoms with Crippen molar-refractivity contribution in [2.45, 2.75) is 46.3 Å². The number of alkyl halides is 1. The van der Waals surface area contributed by atoms with Gasteiger partial charge in [0.2, 0.25) is 6.41 Å². The highest BCUT2D eigenvalue weighted by molar-refractivity contribution is 5.45. The van der Waals surface area contributed by atoms with E-state index in [-0.39, 0.29) is 13.2 Å². The molecule has 5 nitrogen and oxygen atoms in total. The molecule has 1 amide bonds. The normalized spacial score (nSPS) is 11.7. The number of hydrogen-bond donors (Lipinski definition) is 2. The fraction of sp³-hybridized carbons (Fsp3) is 0.929. The Kier molecular flexibility index (Phi) is 19.7. The van der Waals surface area contributed by atoms with Gasteiger partial charge in [-0.15, -0.1) is 0 Å². The van der Waals surface area contributed by atoms with E-state index >= 15 is 0 Å². The standard InChI is InChI=1S/C11H23FN2O3.C3H8/c1-10(2)14-3-4-16-5-6-17-8-11(12)7-13-9-15;1-3-2/h9-11,14H,3-8H2,1-2H3,(H,13,15);3H2,1-2H3. The fourth-order valence-electron chi connectivity index (χ4n) is 1.09. The molecule has 0 spiro atoms. The predicted molar refractivity (Wildman–Crippen MR) is 79.7 cm³/mol. The molecule has 0 aromatic carbocycles. The average molecular weight is 294 g/mol. The largest absolute Gasteiger partial charge is 0.378 e. The molecule has 0 aliphatic rings. The molecule has 0 saturated heterocycles. The van der Waals surface area contributed by atoms with Crippen LogP contribution < -0.4 is 10.6 Å². The summed E-state index contributed by atoms with van der Waals surface area (Å²) in [5.41, 5.74) is 0. The van der Waals surface area contributed by atoms with Gasteiger partial charge in [0.25, 0.3) is 0 Å². The van der Waals surface area contributed by atoms with Crippen LogP contribution in [0, 0.1) is 0 Å². The number of halogens is 1. The second-order valence-electron chi connectivity index (χ2n) is 4.63. The zero-order valence-electron chi connectivity index (χ0n) is 13.3. The van der Waals surface area contributed by atoms with Crippen LogP contribution in [0.3, 0.4) is 0 Å². The second kappa shape index (κ2) is 18.3. The van der Waals surface area contributed by atoms with Gasteiger partial charge in [-0.25, -0.2) is 4.39 Å². The van der Waals surface area contributed by atoms with Crippen molar-refractivity contribution in [2.24, 2.45) is 0 Å². The first kappa shape index (κ1) is 21.6. The van der Waals surface area contributed by atoms with E-state index in [1.54, 1.807) is 0 Å². The van der Waals surface area contributed by atoms with E-state index in [0.717, 1.165) is 6.54 Å². The molecule has 0 aliphatic heterocycles. The van der Waals surface area contributed by atoms with Gasteiger partial charge in [0.15, 0.2) is 0 Å². The van der Waals surface area contributed by atoms with Gasteiger partial charge >= 0.3 is 0 Å². The Bertz CT molecular complexity index is 195. The minimum absolute atomic E-state index is 0.0112. The first-order valence-electron chi connectivity index (χ1n) is 7.28. The van der Waals surface area contributed by atoms with E-state index in [1.165, 1.54) is 6.42 Å². The van der Waals surface area contributed by atoms with E-state index in [4.69, 9.17) is 9.47 Å². The van der Waals surface area contributed by atoms with Crippen LogP contribution in [0.2, 0.25) is 0 Å². The molecule has 0 fully saturated rings. The van der Waals surface area contributed by atoms with Crippen LogP contribution >= 0.6 is 0 Å². The topological polar surface area (TPSA) is 59.6 Å². The van der Waals surface area contributed by atoms with Crippen LogP contribution in [-0.2, 0) is 14.3 Å². The second-order valence-corrected chi connectivity index (χ2v) is 4.63. The third kappa shape index (κ3) is 22.5. The number of carbonyl (C=O) groups is 1. The minimum Gasteiger partial charge on any atom is -0.378 e. The van der Waals surface area contributed by atoms with Crippen LogP contribution in [0.5, 0.6) is 0 Å².